The van der Waals surface area contributed by atoms with Crippen molar-refractivity contribution in [2.45, 2.75) is 56.6 Å². The molecule has 0 N–H and O–H groups in total. The average molecular weight is 470 g/mol. The Bertz CT molecular complexity index is 626. The summed E-state index contributed by atoms with van der Waals surface area (Å²) in [4.78, 5) is 7.37. The van der Waals surface area contributed by atoms with Gasteiger partial charge in [0.25, 0.3) is 0 Å². The molecule has 6 heteroatoms. The van der Waals surface area contributed by atoms with Crippen LogP contribution in [0.15, 0.2) is 30.3 Å². The third-order valence-electron chi connectivity index (χ3n) is 6.20. The minimum atomic E-state index is -2.71. The summed E-state index contributed by atoms with van der Waals surface area (Å²) in [6.07, 6.45) is 4.89. The fourth-order valence-electron chi connectivity index (χ4n) is 5.08. The van der Waals surface area contributed by atoms with Gasteiger partial charge in [0.1, 0.15) is 0 Å². The van der Waals surface area contributed by atoms with Crippen LogP contribution in [0.1, 0.15) is 35.3 Å². The van der Waals surface area contributed by atoms with E-state index in [1.165, 1.54) is 31.2 Å². The van der Waals surface area contributed by atoms with Gasteiger partial charge in [-0.2, -0.15) is 0 Å². The molecule has 0 bridgehead atoms. The first kappa shape index (κ1) is 19.9. The quantitative estimate of drug-likeness (QED) is 0.466. The van der Waals surface area contributed by atoms with Gasteiger partial charge in [-0.05, 0) is 0 Å². The first-order valence-electron chi connectivity index (χ1n) is 9.54. The molecule has 1 saturated carbocycles. The summed E-state index contributed by atoms with van der Waals surface area (Å²) in [5.41, 5.74) is 1.33. The van der Waals surface area contributed by atoms with Crippen LogP contribution in [0.3, 0.4) is 0 Å². The van der Waals surface area contributed by atoms with Gasteiger partial charge in [0.15, 0.2) is 0 Å². The van der Waals surface area contributed by atoms with Crippen molar-refractivity contribution >= 4 is 26.0 Å². The standard InChI is InChI=1S/C16H25N3OP.3CH3.Sn/c1-17(13-14-9-5-4-6-10-14)21(20)18(2)15-11-7-8-12-16(15)19(21)3;;;;/h4-6,9-10,13,15-16H,7-8,11-12H2,1-3H3;3*1H3;/t15-,16-;;;;/m1..../s1. The van der Waals surface area contributed by atoms with Crippen molar-refractivity contribution < 1.29 is 4.57 Å². The molecule has 1 aromatic rings. The second kappa shape index (κ2) is 7.27. The molecule has 0 amide bonds. The molecular formula is C19H34N3OPSn. The Hall–Kier alpha value is 0.129. The minimum absolute atomic E-state index is 0.311. The molecule has 0 spiro atoms. The number of hydrogen-bond donors (Lipinski definition) is 0. The molecule has 1 saturated heterocycles. The molecular weight excluding hydrogens is 436 g/mol. The Morgan fingerprint density at radius 2 is 1.52 bits per heavy atom. The van der Waals surface area contributed by atoms with E-state index in [-0.39, 0.29) is 0 Å². The summed E-state index contributed by atoms with van der Waals surface area (Å²) in [6, 6.07) is 11.6. The summed E-state index contributed by atoms with van der Waals surface area (Å²) in [5, 5.41) is 0. The van der Waals surface area contributed by atoms with Gasteiger partial charge in [-0.25, -0.2) is 0 Å². The molecule has 2 fully saturated rings. The van der Waals surface area contributed by atoms with E-state index < -0.39 is 26.0 Å². The van der Waals surface area contributed by atoms with Crippen molar-refractivity contribution in [3.63, 3.8) is 0 Å². The molecule has 0 aromatic heterocycles. The van der Waals surface area contributed by atoms with Crippen molar-refractivity contribution in [3.05, 3.63) is 35.9 Å². The van der Waals surface area contributed by atoms with Crippen molar-refractivity contribution in [2.75, 3.05) is 21.1 Å². The fraction of sp³-hybridized carbons (Fsp3) is 0.684. The first-order chi connectivity index (χ1) is 11.7. The topological polar surface area (TPSA) is 26.8 Å². The molecule has 1 aromatic carbocycles. The maximum absolute atomic E-state index is 14.4. The van der Waals surface area contributed by atoms with Crippen LogP contribution >= 0.6 is 7.59 Å². The van der Waals surface area contributed by atoms with E-state index >= 15 is 0 Å². The molecule has 140 valence electrons. The van der Waals surface area contributed by atoms with Gasteiger partial charge in [0.05, 0.1) is 0 Å². The Labute approximate surface area is 158 Å². The Morgan fingerprint density at radius 1 is 1.04 bits per heavy atom. The Kier molecular flexibility index (Phi) is 5.78. The zero-order valence-electron chi connectivity index (χ0n) is 16.6. The summed E-state index contributed by atoms with van der Waals surface area (Å²) in [7, 11) is 3.60. The third kappa shape index (κ3) is 3.38. The number of benzene rings is 1. The Morgan fingerprint density at radius 3 is 1.96 bits per heavy atom. The predicted molar refractivity (Wildman–Crippen MR) is 109 cm³/mol. The van der Waals surface area contributed by atoms with E-state index in [1.807, 2.05) is 0 Å². The van der Waals surface area contributed by atoms with E-state index in [0.717, 1.165) is 0 Å². The molecule has 3 rings (SSSR count). The van der Waals surface area contributed by atoms with E-state index in [9.17, 15) is 4.57 Å². The van der Waals surface area contributed by atoms with Crippen LogP contribution in [0.2, 0.25) is 14.8 Å². The van der Waals surface area contributed by atoms with Crippen molar-refractivity contribution in [2.24, 2.45) is 0 Å². The van der Waals surface area contributed by atoms with Gasteiger partial charge in [0, 0.05) is 0 Å². The zero-order chi connectivity index (χ0) is 18.4. The molecule has 4 nitrogen and oxygen atoms in total. The molecule has 1 heterocycles. The second-order valence-corrected chi connectivity index (χ2v) is 26.8. The summed E-state index contributed by atoms with van der Waals surface area (Å²) in [6.45, 7) is 0. The van der Waals surface area contributed by atoms with Gasteiger partial charge in [-0.15, -0.1) is 0 Å². The van der Waals surface area contributed by atoms with Gasteiger partial charge in [-0.1, -0.05) is 0 Å². The number of hydrogen-bond acceptors (Lipinski definition) is 1. The van der Waals surface area contributed by atoms with Crippen LogP contribution in [-0.4, -0.2) is 65.6 Å². The summed E-state index contributed by atoms with van der Waals surface area (Å²) in [5.74, 6) is 0. The molecule has 2 aliphatic rings. The number of fused-ring (bicyclic) bond motifs is 1. The summed E-state index contributed by atoms with van der Waals surface area (Å²) < 4.78 is 21.5. The fourth-order valence-corrected chi connectivity index (χ4v) is 18.4. The molecule has 3 atom stereocenters. The van der Waals surface area contributed by atoms with Crippen LogP contribution in [-0.2, 0) is 4.57 Å². The normalized spacial score (nSPS) is 28.9. The third-order valence-corrected chi connectivity index (χ3v) is 16.8. The molecule has 1 aliphatic carbocycles. The van der Waals surface area contributed by atoms with Crippen molar-refractivity contribution in [1.82, 2.24) is 14.0 Å². The van der Waals surface area contributed by atoms with Crippen LogP contribution in [0.25, 0.3) is 0 Å². The van der Waals surface area contributed by atoms with Gasteiger partial charge in [0.2, 0.25) is 0 Å². The predicted octanol–water partition coefficient (Wildman–Crippen LogP) is 4.83. The van der Waals surface area contributed by atoms with Crippen molar-refractivity contribution in [3.8, 4) is 0 Å². The van der Waals surface area contributed by atoms with Crippen LogP contribution in [0.5, 0.6) is 0 Å². The van der Waals surface area contributed by atoms with Gasteiger partial charge in [-0.3, -0.25) is 0 Å². The second-order valence-electron chi connectivity index (χ2n) is 8.83. The van der Waals surface area contributed by atoms with Crippen LogP contribution in [0, 0.1) is 0 Å². The number of likely N-dealkylation sites (N-methyl/N-ethyl adjacent to an activating group) is 2. The Balaban J connectivity index is 2.01. The maximum atomic E-state index is 14.4. The molecule has 25 heavy (non-hydrogen) atoms. The zero-order valence-corrected chi connectivity index (χ0v) is 20.4. The van der Waals surface area contributed by atoms with Gasteiger partial charge >= 0.3 is 158 Å². The van der Waals surface area contributed by atoms with Gasteiger partial charge < -0.3 is 0 Å². The average Bonchev–Trinajstić information content (AvgIpc) is 2.78. The molecule has 1 unspecified atom stereocenters. The van der Waals surface area contributed by atoms with E-state index in [4.69, 9.17) is 0 Å². The summed E-state index contributed by atoms with van der Waals surface area (Å²) >= 11 is -2.43. The number of nitrogens with zero attached hydrogens (tertiary/aromatic N) is 3. The first-order valence-corrected chi connectivity index (χ1v) is 21.3. The monoisotopic (exact) mass is 471 g/mol. The number of rotatable bonds is 4. The van der Waals surface area contributed by atoms with Crippen LogP contribution < -0.4 is 0 Å². The van der Waals surface area contributed by atoms with E-state index in [1.54, 1.807) is 0 Å². The van der Waals surface area contributed by atoms with Crippen molar-refractivity contribution in [1.29, 1.82) is 0 Å². The molecule has 0 radical (unpaired) electrons. The van der Waals surface area contributed by atoms with Crippen LogP contribution in [0.4, 0.5) is 0 Å². The van der Waals surface area contributed by atoms with E-state index in [2.05, 4.69) is 80.3 Å². The SMILES string of the molecule is CN([CH](c1ccccc1)[Sn]([CH3])([CH3])[CH3])P1(=O)N(C)[C@@H]2CCCC[C@H]2N1C. The molecule has 1 aliphatic heterocycles. The van der Waals surface area contributed by atoms with E-state index in [0.29, 0.717) is 16.1 Å².